The van der Waals surface area contributed by atoms with Gasteiger partial charge in [0.1, 0.15) is 5.58 Å². The van der Waals surface area contributed by atoms with Gasteiger partial charge in [0.25, 0.3) is 0 Å². The molecule has 4 rings (SSSR count). The van der Waals surface area contributed by atoms with Crippen LogP contribution in [0.15, 0.2) is 57.9 Å². The molecule has 0 spiro atoms. The second kappa shape index (κ2) is 4.77. The first-order chi connectivity index (χ1) is 10.3. The fourth-order valence-corrected chi connectivity index (χ4v) is 2.70. The quantitative estimate of drug-likeness (QED) is 0.774. The minimum Gasteiger partial charge on any atom is -0.452 e. The number of aryl methyl sites for hydroxylation is 1. The number of nitrogens with one attached hydrogen (secondary N) is 1. The molecule has 1 N–H and O–H groups in total. The maximum absolute atomic E-state index is 6.07. The van der Waals surface area contributed by atoms with E-state index in [2.05, 4.69) is 65.8 Å². The molecule has 2 aromatic carbocycles. The van der Waals surface area contributed by atoms with E-state index in [9.17, 15) is 0 Å². The number of hydrogen-bond donors (Lipinski definition) is 1. The van der Waals surface area contributed by atoms with Gasteiger partial charge in [0.05, 0.1) is 6.54 Å². The van der Waals surface area contributed by atoms with Gasteiger partial charge in [-0.05, 0) is 18.6 Å². The highest BCUT2D eigenvalue weighted by Crippen LogP contribution is 2.31. The topological polar surface area (TPSA) is 37.5 Å². The highest BCUT2D eigenvalue weighted by atomic mass is 16.3. The van der Waals surface area contributed by atoms with Gasteiger partial charge in [-0.25, -0.2) is 0 Å². The number of fused-ring (bicyclic) bond motifs is 1. The van der Waals surface area contributed by atoms with Gasteiger partial charge in [-0.2, -0.15) is 0 Å². The molecular formula is C18H16N2O. The summed E-state index contributed by atoms with van der Waals surface area (Å²) in [4.78, 5) is 4.43. The van der Waals surface area contributed by atoms with Crippen LogP contribution < -0.4 is 5.32 Å². The fourth-order valence-electron chi connectivity index (χ4n) is 2.70. The Balaban J connectivity index is 1.87. The van der Waals surface area contributed by atoms with E-state index in [1.165, 1.54) is 11.1 Å². The molecule has 0 atom stereocenters. The second-order valence-electron chi connectivity index (χ2n) is 5.36. The van der Waals surface area contributed by atoms with Gasteiger partial charge >= 0.3 is 0 Å². The average molecular weight is 276 g/mol. The first kappa shape index (κ1) is 12.2. The fraction of sp³-hybridized carbons (Fsp3) is 0.167. The molecular weight excluding hydrogens is 260 g/mol. The van der Waals surface area contributed by atoms with Crippen molar-refractivity contribution in [2.24, 2.45) is 4.99 Å². The van der Waals surface area contributed by atoms with Gasteiger partial charge in [-0.15, -0.1) is 0 Å². The number of amidine groups is 1. The number of aliphatic imine (C=N–C) groups is 1. The SMILES string of the molecule is Cc1ccc(-c2cccc3cc(C4=NCCN4)oc23)cc1. The molecule has 0 unspecified atom stereocenters. The van der Waals surface area contributed by atoms with Crippen LogP contribution in [0.4, 0.5) is 0 Å². The van der Waals surface area contributed by atoms with Crippen molar-refractivity contribution in [2.75, 3.05) is 13.1 Å². The minimum atomic E-state index is 0.817. The Labute approximate surface area is 123 Å². The molecule has 1 aliphatic rings. The highest BCUT2D eigenvalue weighted by Gasteiger charge is 2.15. The van der Waals surface area contributed by atoms with Crippen molar-refractivity contribution >= 4 is 16.8 Å². The number of benzene rings is 2. The van der Waals surface area contributed by atoms with Crippen LogP contribution in [0, 0.1) is 6.92 Å². The summed E-state index contributed by atoms with van der Waals surface area (Å²) in [7, 11) is 0. The molecule has 2 heterocycles. The molecule has 0 bridgehead atoms. The van der Waals surface area contributed by atoms with Crippen molar-refractivity contribution in [1.29, 1.82) is 0 Å². The van der Waals surface area contributed by atoms with E-state index >= 15 is 0 Å². The zero-order valence-corrected chi connectivity index (χ0v) is 11.9. The normalized spacial score (nSPS) is 14.2. The van der Waals surface area contributed by atoms with E-state index in [-0.39, 0.29) is 0 Å². The highest BCUT2D eigenvalue weighted by molar-refractivity contribution is 6.03. The second-order valence-corrected chi connectivity index (χ2v) is 5.36. The summed E-state index contributed by atoms with van der Waals surface area (Å²) in [5.41, 5.74) is 4.48. The Kier molecular flexibility index (Phi) is 2.78. The summed E-state index contributed by atoms with van der Waals surface area (Å²) in [5, 5.41) is 4.37. The maximum atomic E-state index is 6.07. The van der Waals surface area contributed by atoms with Crippen LogP contribution in [-0.4, -0.2) is 18.9 Å². The van der Waals surface area contributed by atoms with Crippen molar-refractivity contribution in [3.8, 4) is 11.1 Å². The van der Waals surface area contributed by atoms with Crippen LogP contribution in [0.3, 0.4) is 0 Å². The number of para-hydroxylation sites is 1. The minimum absolute atomic E-state index is 0.817. The number of furan rings is 1. The zero-order chi connectivity index (χ0) is 14.2. The van der Waals surface area contributed by atoms with Gasteiger partial charge in [0.15, 0.2) is 11.6 Å². The average Bonchev–Trinajstić information content (AvgIpc) is 3.16. The number of rotatable bonds is 2. The van der Waals surface area contributed by atoms with E-state index in [1.807, 2.05) is 0 Å². The van der Waals surface area contributed by atoms with Gasteiger partial charge in [-0.3, -0.25) is 4.99 Å². The van der Waals surface area contributed by atoms with Crippen molar-refractivity contribution < 1.29 is 4.42 Å². The van der Waals surface area contributed by atoms with Crippen molar-refractivity contribution in [3.63, 3.8) is 0 Å². The van der Waals surface area contributed by atoms with Crippen LogP contribution in [0.25, 0.3) is 22.1 Å². The third-order valence-electron chi connectivity index (χ3n) is 3.81. The standard InChI is InChI=1S/C18H16N2O/c1-12-5-7-13(8-6-12)15-4-2-3-14-11-16(21-17(14)15)18-19-9-10-20-18/h2-8,11H,9-10H2,1H3,(H,19,20). The van der Waals surface area contributed by atoms with E-state index in [0.717, 1.165) is 41.2 Å². The molecule has 0 saturated heterocycles. The lowest BCUT2D eigenvalue weighted by molar-refractivity contribution is 0.603. The van der Waals surface area contributed by atoms with E-state index < -0.39 is 0 Å². The third kappa shape index (κ3) is 2.11. The molecule has 21 heavy (non-hydrogen) atoms. The smallest absolute Gasteiger partial charge is 0.170 e. The lowest BCUT2D eigenvalue weighted by Gasteiger charge is -2.03. The summed E-state index contributed by atoms with van der Waals surface area (Å²) in [6, 6.07) is 16.8. The van der Waals surface area contributed by atoms with Crippen LogP contribution in [0.2, 0.25) is 0 Å². The van der Waals surface area contributed by atoms with Crippen molar-refractivity contribution in [3.05, 3.63) is 59.9 Å². The zero-order valence-electron chi connectivity index (χ0n) is 11.9. The molecule has 3 aromatic rings. The van der Waals surface area contributed by atoms with E-state index in [0.29, 0.717) is 0 Å². The van der Waals surface area contributed by atoms with Gasteiger partial charge < -0.3 is 9.73 Å². The summed E-state index contributed by atoms with van der Waals surface area (Å²) in [5.74, 6) is 1.68. The number of hydrogen-bond acceptors (Lipinski definition) is 3. The molecule has 0 fully saturated rings. The monoisotopic (exact) mass is 276 g/mol. The van der Waals surface area contributed by atoms with Crippen molar-refractivity contribution in [2.45, 2.75) is 6.92 Å². The number of nitrogens with zero attached hydrogens (tertiary/aromatic N) is 1. The molecule has 0 aliphatic carbocycles. The van der Waals surface area contributed by atoms with Crippen LogP contribution in [-0.2, 0) is 0 Å². The van der Waals surface area contributed by atoms with Crippen molar-refractivity contribution in [1.82, 2.24) is 5.32 Å². The molecule has 0 radical (unpaired) electrons. The largest absolute Gasteiger partial charge is 0.452 e. The van der Waals surface area contributed by atoms with E-state index in [4.69, 9.17) is 4.42 Å². The first-order valence-corrected chi connectivity index (χ1v) is 7.19. The van der Waals surface area contributed by atoms with E-state index in [1.54, 1.807) is 0 Å². The Morgan fingerprint density at radius 2 is 1.95 bits per heavy atom. The van der Waals surface area contributed by atoms with Crippen LogP contribution >= 0.6 is 0 Å². The lowest BCUT2D eigenvalue weighted by atomic mass is 10.0. The molecule has 0 amide bonds. The van der Waals surface area contributed by atoms with Crippen LogP contribution in [0.1, 0.15) is 11.3 Å². The molecule has 3 heteroatoms. The predicted molar refractivity (Wildman–Crippen MR) is 85.8 cm³/mol. The Morgan fingerprint density at radius 1 is 1.10 bits per heavy atom. The molecule has 3 nitrogen and oxygen atoms in total. The molecule has 1 aliphatic heterocycles. The summed E-state index contributed by atoms with van der Waals surface area (Å²) in [6.07, 6.45) is 0. The summed E-state index contributed by atoms with van der Waals surface area (Å²) >= 11 is 0. The maximum Gasteiger partial charge on any atom is 0.170 e. The molecule has 0 saturated carbocycles. The Bertz CT molecular complexity index is 828. The third-order valence-corrected chi connectivity index (χ3v) is 3.81. The Morgan fingerprint density at radius 3 is 2.71 bits per heavy atom. The summed E-state index contributed by atoms with van der Waals surface area (Å²) < 4.78 is 6.07. The lowest BCUT2D eigenvalue weighted by Crippen LogP contribution is -2.18. The predicted octanol–water partition coefficient (Wildman–Crippen LogP) is 3.76. The molecule has 104 valence electrons. The first-order valence-electron chi connectivity index (χ1n) is 7.19. The van der Waals surface area contributed by atoms with Crippen LogP contribution in [0.5, 0.6) is 0 Å². The van der Waals surface area contributed by atoms with Gasteiger partial charge in [-0.1, -0.05) is 48.0 Å². The van der Waals surface area contributed by atoms with Gasteiger partial charge in [0, 0.05) is 17.5 Å². The molecule has 1 aromatic heterocycles. The summed E-state index contributed by atoms with van der Waals surface area (Å²) in [6.45, 7) is 3.80. The van der Waals surface area contributed by atoms with Gasteiger partial charge in [0.2, 0.25) is 0 Å². The Hall–Kier alpha value is -2.55.